The number of methoxy groups -OCH3 is 3. The second-order valence-electron chi connectivity index (χ2n) is 4.37. The molecular formula is C14H19N3O7. The number of alkyl carbamates (subject to hydrolysis) is 2. The van der Waals surface area contributed by atoms with Crippen LogP contribution in [-0.4, -0.2) is 45.4 Å². The molecule has 1 aromatic rings. The second kappa shape index (κ2) is 9.18. The Hall–Kier alpha value is -3.04. The topological polar surface area (TPSA) is 128 Å². The smallest absolute Gasteiger partial charge is 0.413 e. The summed E-state index contributed by atoms with van der Waals surface area (Å²) in [5.74, 6) is -1.19. The van der Waals surface area contributed by atoms with E-state index in [1.165, 1.54) is 13.4 Å². The highest BCUT2D eigenvalue weighted by molar-refractivity contribution is 6.03. The van der Waals surface area contributed by atoms with Crippen molar-refractivity contribution in [2.45, 2.75) is 19.8 Å². The number of carbonyl (C=O) groups is 3. The quantitative estimate of drug-likeness (QED) is 0.369. The van der Waals surface area contributed by atoms with Crippen molar-refractivity contribution < 1.29 is 33.0 Å². The molecule has 2 N–H and O–H groups in total. The molecule has 132 valence electrons. The lowest BCUT2D eigenvalue weighted by Gasteiger charge is -2.09. The lowest BCUT2D eigenvalue weighted by atomic mass is 10.1. The van der Waals surface area contributed by atoms with Gasteiger partial charge in [0.15, 0.2) is 0 Å². The van der Waals surface area contributed by atoms with Crippen molar-refractivity contribution in [3.63, 3.8) is 0 Å². The van der Waals surface area contributed by atoms with E-state index in [4.69, 9.17) is 4.42 Å². The Morgan fingerprint density at radius 2 is 1.67 bits per heavy atom. The van der Waals surface area contributed by atoms with Gasteiger partial charge in [-0.1, -0.05) is 13.3 Å². The minimum Gasteiger partial charge on any atom is -0.463 e. The summed E-state index contributed by atoms with van der Waals surface area (Å²) in [5.41, 5.74) is 0.736. The minimum absolute atomic E-state index is 0.131. The van der Waals surface area contributed by atoms with Gasteiger partial charge in [0, 0.05) is 5.56 Å². The van der Waals surface area contributed by atoms with Gasteiger partial charge >= 0.3 is 18.2 Å². The lowest BCUT2D eigenvalue weighted by molar-refractivity contribution is 0.0566. The van der Waals surface area contributed by atoms with E-state index in [1.807, 2.05) is 6.92 Å². The fourth-order valence-electron chi connectivity index (χ4n) is 1.69. The van der Waals surface area contributed by atoms with Crippen LogP contribution >= 0.6 is 0 Å². The van der Waals surface area contributed by atoms with Gasteiger partial charge in [-0.3, -0.25) is 10.6 Å². The Bertz CT molecular complexity index is 616. The van der Waals surface area contributed by atoms with Gasteiger partial charge in [0.1, 0.15) is 5.69 Å². The maximum absolute atomic E-state index is 11.8. The molecule has 0 saturated heterocycles. The second-order valence-corrected chi connectivity index (χ2v) is 4.37. The van der Waals surface area contributed by atoms with Crippen molar-refractivity contribution in [2.24, 2.45) is 4.99 Å². The molecule has 0 radical (unpaired) electrons. The summed E-state index contributed by atoms with van der Waals surface area (Å²) >= 11 is 0. The van der Waals surface area contributed by atoms with E-state index in [1.54, 1.807) is 0 Å². The summed E-state index contributed by atoms with van der Waals surface area (Å²) in [6.45, 7) is 1.93. The summed E-state index contributed by atoms with van der Waals surface area (Å²) in [5, 5.41) is 4.41. The molecule has 0 bridgehead atoms. The molecule has 2 amide bonds. The number of nitrogens with one attached hydrogen (secondary N) is 2. The maximum atomic E-state index is 11.8. The molecule has 0 saturated carbocycles. The number of guanidine groups is 1. The van der Waals surface area contributed by atoms with Crippen LogP contribution in [0.15, 0.2) is 15.7 Å². The van der Waals surface area contributed by atoms with Gasteiger partial charge in [-0.05, 0) is 6.42 Å². The number of nitrogens with zero attached hydrogens (tertiary/aromatic N) is 1. The fraction of sp³-hybridized carbons (Fsp3) is 0.429. The number of carbonyl (C=O) groups excluding carboxylic acids is 3. The number of amides is 2. The molecule has 0 aliphatic carbocycles. The third kappa shape index (κ3) is 5.00. The Balaban J connectivity index is 3.30. The number of aliphatic imine (C=N–C) groups is 1. The Labute approximate surface area is 138 Å². The molecule has 10 nitrogen and oxygen atoms in total. The van der Waals surface area contributed by atoms with Crippen LogP contribution in [0.25, 0.3) is 0 Å². The SMILES string of the molecule is CCCc1coc(C(=O)OC)c1N=C(NC(=O)OC)NC(=O)OC. The van der Waals surface area contributed by atoms with Crippen LogP contribution in [0.3, 0.4) is 0 Å². The first-order valence-corrected chi connectivity index (χ1v) is 6.94. The number of hydrogen-bond donors (Lipinski definition) is 2. The van der Waals surface area contributed by atoms with Crippen molar-refractivity contribution in [1.82, 2.24) is 10.6 Å². The highest BCUT2D eigenvalue weighted by atomic mass is 16.5. The Kier molecular flexibility index (Phi) is 7.27. The zero-order valence-electron chi connectivity index (χ0n) is 13.8. The van der Waals surface area contributed by atoms with E-state index in [2.05, 4.69) is 29.8 Å². The third-order valence-electron chi connectivity index (χ3n) is 2.76. The minimum atomic E-state index is -0.870. The average Bonchev–Trinajstić information content (AvgIpc) is 2.96. The monoisotopic (exact) mass is 341 g/mol. The predicted molar refractivity (Wildman–Crippen MR) is 82.2 cm³/mol. The Morgan fingerprint density at radius 1 is 1.08 bits per heavy atom. The van der Waals surface area contributed by atoms with Crippen LogP contribution in [0.2, 0.25) is 0 Å². The number of furan rings is 1. The normalized spacial score (nSPS) is 9.67. The molecule has 0 fully saturated rings. The molecule has 1 aromatic heterocycles. The van der Waals surface area contributed by atoms with Crippen LogP contribution in [0.4, 0.5) is 15.3 Å². The molecule has 1 rings (SSSR count). The summed E-state index contributed by atoms with van der Waals surface area (Å²) in [7, 11) is 3.48. The van der Waals surface area contributed by atoms with Gasteiger partial charge in [0.25, 0.3) is 0 Å². The number of esters is 1. The average molecular weight is 341 g/mol. The number of ether oxygens (including phenoxy) is 3. The first kappa shape index (κ1) is 19.0. The van der Waals surface area contributed by atoms with E-state index in [9.17, 15) is 14.4 Å². The van der Waals surface area contributed by atoms with E-state index in [-0.39, 0.29) is 17.4 Å². The number of aryl methyl sites for hydroxylation is 1. The van der Waals surface area contributed by atoms with Gasteiger partial charge in [-0.2, -0.15) is 0 Å². The number of hydrogen-bond acceptors (Lipinski definition) is 8. The fourth-order valence-corrected chi connectivity index (χ4v) is 1.69. The zero-order valence-corrected chi connectivity index (χ0v) is 13.8. The molecule has 0 spiro atoms. The first-order chi connectivity index (χ1) is 11.5. The van der Waals surface area contributed by atoms with Gasteiger partial charge in [-0.25, -0.2) is 19.4 Å². The van der Waals surface area contributed by atoms with Crippen molar-refractivity contribution in [1.29, 1.82) is 0 Å². The van der Waals surface area contributed by atoms with E-state index < -0.39 is 18.2 Å². The predicted octanol–water partition coefficient (Wildman–Crippen LogP) is 1.72. The van der Waals surface area contributed by atoms with Gasteiger partial charge < -0.3 is 18.6 Å². The Morgan fingerprint density at radius 3 is 2.12 bits per heavy atom. The first-order valence-electron chi connectivity index (χ1n) is 6.94. The van der Waals surface area contributed by atoms with Crippen LogP contribution < -0.4 is 10.6 Å². The molecular weight excluding hydrogens is 322 g/mol. The van der Waals surface area contributed by atoms with Gasteiger partial charge in [-0.15, -0.1) is 0 Å². The molecule has 0 aliphatic heterocycles. The summed E-state index contributed by atoms with van der Waals surface area (Å²) in [6.07, 6.45) is 0.939. The zero-order chi connectivity index (χ0) is 18.1. The van der Waals surface area contributed by atoms with Crippen molar-refractivity contribution >= 4 is 29.8 Å². The highest BCUT2D eigenvalue weighted by Crippen LogP contribution is 2.28. The third-order valence-corrected chi connectivity index (χ3v) is 2.76. The van der Waals surface area contributed by atoms with Crippen molar-refractivity contribution in [2.75, 3.05) is 21.3 Å². The maximum Gasteiger partial charge on any atom is 0.413 e. The molecule has 1 heterocycles. The molecule has 0 aromatic carbocycles. The van der Waals surface area contributed by atoms with E-state index in [0.717, 1.165) is 20.6 Å². The van der Waals surface area contributed by atoms with Gasteiger partial charge in [0.2, 0.25) is 11.7 Å². The summed E-state index contributed by atoms with van der Waals surface area (Å²) in [4.78, 5) is 38.6. The highest BCUT2D eigenvalue weighted by Gasteiger charge is 2.22. The van der Waals surface area contributed by atoms with Crippen LogP contribution in [0, 0.1) is 0 Å². The van der Waals surface area contributed by atoms with Gasteiger partial charge in [0.05, 0.1) is 27.6 Å². The molecule has 24 heavy (non-hydrogen) atoms. The molecule has 10 heteroatoms. The van der Waals surface area contributed by atoms with Crippen LogP contribution in [0.5, 0.6) is 0 Å². The number of rotatable bonds is 4. The molecule has 0 unspecified atom stereocenters. The lowest BCUT2D eigenvalue weighted by Crippen LogP contribution is -2.43. The van der Waals surface area contributed by atoms with Crippen LogP contribution in [-0.2, 0) is 20.6 Å². The van der Waals surface area contributed by atoms with Crippen molar-refractivity contribution in [3.05, 3.63) is 17.6 Å². The van der Waals surface area contributed by atoms with Crippen LogP contribution in [0.1, 0.15) is 29.5 Å². The largest absolute Gasteiger partial charge is 0.463 e. The summed E-state index contributed by atoms with van der Waals surface area (Å²) in [6, 6.07) is 0. The standard InChI is InChI=1S/C14H19N3O7/c1-5-6-8-7-24-10(11(18)21-2)9(8)15-12(16-13(19)22-3)17-14(20)23-4/h7H,5-6H2,1-4H3,(H2,15,16,17,19,20). The van der Waals surface area contributed by atoms with E-state index in [0.29, 0.717) is 12.0 Å². The molecule has 0 aliphatic rings. The summed E-state index contributed by atoms with van der Waals surface area (Å²) < 4.78 is 18.7. The van der Waals surface area contributed by atoms with E-state index >= 15 is 0 Å². The molecule has 0 atom stereocenters. The van der Waals surface area contributed by atoms with Crippen molar-refractivity contribution in [3.8, 4) is 0 Å².